The first-order valence-electron chi connectivity index (χ1n) is 10.1. The quantitative estimate of drug-likeness (QED) is 0.577. The number of benzene rings is 2. The fourth-order valence-corrected chi connectivity index (χ4v) is 3.72. The Balaban J connectivity index is 1.74. The van der Waals surface area contributed by atoms with E-state index in [0.717, 1.165) is 24.9 Å². The first-order chi connectivity index (χ1) is 15.4. The lowest BCUT2D eigenvalue weighted by Gasteiger charge is -2.23. The molecule has 3 N–H and O–H groups in total. The fraction of sp³-hybridized carbons (Fsp3) is 0.304. The topological polar surface area (TPSA) is 93.9 Å². The van der Waals surface area contributed by atoms with Gasteiger partial charge in [-0.15, -0.1) is 0 Å². The molecule has 2 aromatic rings. The summed E-state index contributed by atoms with van der Waals surface area (Å²) in [5.41, 5.74) is 7.19. The molecule has 7 nitrogen and oxygen atoms in total. The van der Waals surface area contributed by atoms with Crippen LogP contribution in [0.5, 0.6) is 11.5 Å². The highest BCUT2D eigenvalue weighted by Gasteiger charge is 2.29. The second-order valence-corrected chi connectivity index (χ2v) is 7.27. The van der Waals surface area contributed by atoms with Crippen LogP contribution in [0.2, 0.25) is 0 Å². The number of carbonyl (C=O) groups excluding carboxylic acids is 2. The van der Waals surface area contributed by atoms with Gasteiger partial charge in [-0.3, -0.25) is 14.5 Å². The molecule has 1 aliphatic heterocycles. The molecule has 9 heteroatoms. The largest absolute Gasteiger partial charge is 0.493 e. The number of methoxy groups -OCH3 is 1. The van der Waals surface area contributed by atoms with Gasteiger partial charge in [-0.05, 0) is 43.2 Å². The van der Waals surface area contributed by atoms with Crippen molar-refractivity contribution in [1.82, 2.24) is 4.90 Å². The monoisotopic (exact) mass is 445 g/mol. The second kappa shape index (κ2) is 10.7. The Hall–Kier alpha value is -3.46. The number of amides is 2. The Kier molecular flexibility index (Phi) is 7.77. The number of para-hydroxylation sites is 2. The van der Waals surface area contributed by atoms with Crippen LogP contribution in [-0.2, 0) is 16.1 Å². The number of likely N-dealkylation sites (tertiary alicyclic amines) is 1. The summed E-state index contributed by atoms with van der Waals surface area (Å²) in [5.74, 6) is -0.822. The molecule has 0 saturated carbocycles. The molecule has 1 saturated heterocycles. The Morgan fingerprint density at radius 3 is 2.75 bits per heavy atom. The van der Waals surface area contributed by atoms with Gasteiger partial charge in [0.1, 0.15) is 0 Å². The third kappa shape index (κ3) is 5.82. The van der Waals surface area contributed by atoms with Crippen molar-refractivity contribution in [3.63, 3.8) is 0 Å². The van der Waals surface area contributed by atoms with Gasteiger partial charge in [-0.1, -0.05) is 30.3 Å². The minimum Gasteiger partial charge on any atom is -0.493 e. The smallest absolute Gasteiger partial charge is 0.387 e. The van der Waals surface area contributed by atoms with Gasteiger partial charge in [0, 0.05) is 23.9 Å². The number of halogens is 2. The maximum atomic E-state index is 12.8. The molecule has 1 unspecified atom stereocenters. The number of hydrogen-bond acceptors (Lipinski definition) is 5. The zero-order valence-corrected chi connectivity index (χ0v) is 17.6. The summed E-state index contributed by atoms with van der Waals surface area (Å²) in [6.45, 7) is -1.82. The molecule has 0 radical (unpaired) electrons. The number of ether oxygens (including phenoxy) is 2. The minimum atomic E-state index is -3.03. The predicted molar refractivity (Wildman–Crippen MR) is 116 cm³/mol. The van der Waals surface area contributed by atoms with Crippen LogP contribution in [-0.4, -0.2) is 43.0 Å². The molecule has 1 aliphatic rings. The summed E-state index contributed by atoms with van der Waals surface area (Å²) >= 11 is 0. The van der Waals surface area contributed by atoms with E-state index in [1.807, 2.05) is 17.0 Å². The second-order valence-electron chi connectivity index (χ2n) is 7.27. The maximum Gasteiger partial charge on any atom is 0.387 e. The van der Waals surface area contributed by atoms with Crippen LogP contribution < -0.4 is 20.5 Å². The van der Waals surface area contributed by atoms with Crippen molar-refractivity contribution >= 4 is 23.6 Å². The first kappa shape index (κ1) is 23.2. The maximum absolute atomic E-state index is 12.8. The van der Waals surface area contributed by atoms with Gasteiger partial charge in [-0.25, -0.2) is 0 Å². The van der Waals surface area contributed by atoms with E-state index < -0.39 is 12.5 Å². The molecule has 0 aliphatic carbocycles. The van der Waals surface area contributed by atoms with Crippen LogP contribution in [0.1, 0.15) is 24.0 Å². The number of nitrogens with two attached hydrogens (primary N) is 1. The number of rotatable bonds is 9. The van der Waals surface area contributed by atoms with E-state index in [1.165, 1.54) is 31.4 Å². The van der Waals surface area contributed by atoms with E-state index >= 15 is 0 Å². The average Bonchev–Trinajstić information content (AvgIpc) is 3.22. The number of nitrogens with zero attached hydrogens (tertiary/aromatic N) is 1. The van der Waals surface area contributed by atoms with Gasteiger partial charge in [0.05, 0.1) is 13.2 Å². The molecule has 32 heavy (non-hydrogen) atoms. The molecule has 2 aromatic carbocycles. The van der Waals surface area contributed by atoms with Crippen LogP contribution in [0.4, 0.5) is 14.5 Å². The molecule has 1 fully saturated rings. The average molecular weight is 445 g/mol. The summed E-state index contributed by atoms with van der Waals surface area (Å²) in [5, 5.41) is 2.80. The lowest BCUT2D eigenvalue weighted by Crippen LogP contribution is -2.39. The first-order valence-corrected chi connectivity index (χ1v) is 10.1. The lowest BCUT2D eigenvalue weighted by molar-refractivity contribution is -0.122. The fourth-order valence-electron chi connectivity index (χ4n) is 3.72. The van der Waals surface area contributed by atoms with Crippen LogP contribution >= 0.6 is 0 Å². The number of primary amides is 1. The van der Waals surface area contributed by atoms with Crippen LogP contribution in [0.25, 0.3) is 6.08 Å². The highest BCUT2D eigenvalue weighted by atomic mass is 19.3. The van der Waals surface area contributed by atoms with Crippen molar-refractivity contribution in [2.24, 2.45) is 5.73 Å². The van der Waals surface area contributed by atoms with Crippen LogP contribution in [0.15, 0.2) is 48.5 Å². The third-order valence-corrected chi connectivity index (χ3v) is 5.19. The van der Waals surface area contributed by atoms with Crippen molar-refractivity contribution in [3.05, 3.63) is 59.7 Å². The number of anilines is 1. The molecule has 1 heterocycles. The molecule has 0 spiro atoms. The van der Waals surface area contributed by atoms with Crippen molar-refractivity contribution in [1.29, 1.82) is 0 Å². The molecule has 1 atom stereocenters. The van der Waals surface area contributed by atoms with Gasteiger partial charge in [-0.2, -0.15) is 8.78 Å². The van der Waals surface area contributed by atoms with E-state index in [4.69, 9.17) is 10.5 Å². The summed E-state index contributed by atoms with van der Waals surface area (Å²) in [6.07, 6.45) is 4.21. The van der Waals surface area contributed by atoms with Gasteiger partial charge in [0.25, 0.3) is 0 Å². The molecule has 3 rings (SSSR count). The van der Waals surface area contributed by atoms with E-state index in [9.17, 15) is 18.4 Å². The van der Waals surface area contributed by atoms with Gasteiger partial charge in [0.15, 0.2) is 11.5 Å². The Bertz CT molecular complexity index is 997. The number of nitrogens with one attached hydrogen (secondary N) is 1. The van der Waals surface area contributed by atoms with Crippen molar-refractivity contribution in [3.8, 4) is 11.5 Å². The minimum absolute atomic E-state index is 0.132. The van der Waals surface area contributed by atoms with Crippen molar-refractivity contribution in [2.75, 3.05) is 19.0 Å². The lowest BCUT2D eigenvalue weighted by atomic mass is 10.1. The predicted octanol–water partition coefficient (Wildman–Crippen LogP) is 3.40. The van der Waals surface area contributed by atoms with Crippen molar-refractivity contribution < 1.29 is 27.8 Å². The molecule has 2 amide bonds. The van der Waals surface area contributed by atoms with E-state index in [-0.39, 0.29) is 29.0 Å². The van der Waals surface area contributed by atoms with Crippen molar-refractivity contribution in [2.45, 2.75) is 32.0 Å². The van der Waals surface area contributed by atoms with Gasteiger partial charge < -0.3 is 20.5 Å². The zero-order valence-electron chi connectivity index (χ0n) is 17.6. The summed E-state index contributed by atoms with van der Waals surface area (Å²) < 4.78 is 35.2. The highest BCUT2D eigenvalue weighted by molar-refractivity contribution is 6.02. The highest BCUT2D eigenvalue weighted by Crippen LogP contribution is 2.33. The summed E-state index contributed by atoms with van der Waals surface area (Å²) in [6, 6.07) is 11.6. The molecular formula is C23H25F2N3O4. The SMILES string of the molecule is COc1cccc(/C=C/C(=O)Nc2ccccc2CN2CCCC2C(N)=O)c1OC(F)F. The molecule has 0 bridgehead atoms. The number of alkyl halides is 2. The summed E-state index contributed by atoms with van der Waals surface area (Å²) in [7, 11) is 1.34. The Morgan fingerprint density at radius 2 is 2.03 bits per heavy atom. The van der Waals surface area contributed by atoms with E-state index in [2.05, 4.69) is 10.1 Å². The Morgan fingerprint density at radius 1 is 1.25 bits per heavy atom. The standard InChI is InChI=1S/C23H25F2N3O4/c1-31-19-10-4-7-15(21(19)32-23(24)25)11-12-20(29)27-17-8-3-2-6-16(17)14-28-13-5-9-18(28)22(26)30/h2-4,6-8,10-12,18,23H,5,9,13-14H2,1H3,(H2,26,30)(H,27,29)/b12-11+. The van der Waals surface area contributed by atoms with Gasteiger partial charge >= 0.3 is 6.61 Å². The van der Waals surface area contributed by atoms with E-state index in [1.54, 1.807) is 18.2 Å². The van der Waals surface area contributed by atoms with Gasteiger partial charge in [0.2, 0.25) is 11.8 Å². The van der Waals surface area contributed by atoms with Crippen LogP contribution in [0, 0.1) is 0 Å². The Labute approximate surface area is 184 Å². The number of carbonyl (C=O) groups is 2. The van der Waals surface area contributed by atoms with E-state index in [0.29, 0.717) is 12.2 Å². The summed E-state index contributed by atoms with van der Waals surface area (Å²) in [4.78, 5) is 26.2. The molecular weight excluding hydrogens is 420 g/mol. The number of hydrogen-bond donors (Lipinski definition) is 2. The zero-order chi connectivity index (χ0) is 23.1. The third-order valence-electron chi connectivity index (χ3n) is 5.19. The molecule has 0 aromatic heterocycles. The van der Waals surface area contributed by atoms with Crippen LogP contribution in [0.3, 0.4) is 0 Å². The normalized spacial score (nSPS) is 16.4. The molecule has 170 valence electrons.